The highest BCUT2D eigenvalue weighted by molar-refractivity contribution is 5.92. The van der Waals surface area contributed by atoms with E-state index in [1.54, 1.807) is 0 Å². The lowest BCUT2D eigenvalue weighted by Gasteiger charge is -2.16. The second kappa shape index (κ2) is 9.43. The maximum atomic E-state index is 12.1. The number of halogens is 3. The molecular formula is C19H22F3NO4. The van der Waals surface area contributed by atoms with Crippen LogP contribution in [0.2, 0.25) is 0 Å². The number of allylic oxidation sites excluding steroid dienone is 1. The zero-order valence-electron chi connectivity index (χ0n) is 15.0. The number of esters is 1. The summed E-state index contributed by atoms with van der Waals surface area (Å²) in [7, 11) is 0. The molecule has 0 aromatic heterocycles. The predicted octanol–water partition coefficient (Wildman–Crippen LogP) is 4.14. The molecule has 27 heavy (non-hydrogen) atoms. The van der Waals surface area contributed by atoms with E-state index in [2.05, 4.69) is 16.1 Å². The molecule has 0 saturated heterocycles. The quantitative estimate of drug-likeness (QED) is 0.566. The Bertz CT molecular complexity index is 683. The lowest BCUT2D eigenvalue weighted by Crippen LogP contribution is -2.36. The Balaban J connectivity index is 1.78. The van der Waals surface area contributed by atoms with Crippen molar-refractivity contribution in [2.45, 2.75) is 51.5 Å². The van der Waals surface area contributed by atoms with Crippen molar-refractivity contribution in [2.24, 2.45) is 0 Å². The number of alkyl halides is 3. The van der Waals surface area contributed by atoms with Crippen molar-refractivity contribution in [2.75, 3.05) is 6.54 Å². The first kappa shape index (κ1) is 20.8. The van der Waals surface area contributed by atoms with Crippen LogP contribution < -0.4 is 10.1 Å². The summed E-state index contributed by atoms with van der Waals surface area (Å²) in [6.07, 6.45) is 1.65. The van der Waals surface area contributed by atoms with Crippen LogP contribution in [0.4, 0.5) is 13.2 Å². The fourth-order valence-electron chi connectivity index (χ4n) is 2.70. The smallest absolute Gasteiger partial charge is 0.449 e. The van der Waals surface area contributed by atoms with Crippen molar-refractivity contribution >= 4 is 11.9 Å². The van der Waals surface area contributed by atoms with Gasteiger partial charge in [0.05, 0.1) is 5.56 Å². The topological polar surface area (TPSA) is 64.6 Å². The molecule has 8 heteroatoms. The van der Waals surface area contributed by atoms with E-state index in [1.807, 2.05) is 0 Å². The van der Waals surface area contributed by atoms with Gasteiger partial charge < -0.3 is 14.8 Å². The highest BCUT2D eigenvalue weighted by Gasteiger charge is 2.31. The standard InChI is InChI=1S/C19H22F3NO4/c1-13(17(24)23-12-11-14-5-3-2-4-6-14)26-18(25)15-7-9-16(10-8-15)27-19(20,21)22/h5,7-10,13H,2-4,6,11-12H2,1H3,(H,23,24)/t13-/m1/s1. The molecule has 1 amide bonds. The van der Waals surface area contributed by atoms with Crippen LogP contribution in [0, 0.1) is 0 Å². The summed E-state index contributed by atoms with van der Waals surface area (Å²) in [5.74, 6) is -1.66. The van der Waals surface area contributed by atoms with Crippen molar-refractivity contribution in [3.8, 4) is 5.75 Å². The average Bonchev–Trinajstić information content (AvgIpc) is 2.61. The van der Waals surface area contributed by atoms with Gasteiger partial charge in [0.1, 0.15) is 5.75 Å². The van der Waals surface area contributed by atoms with E-state index in [4.69, 9.17) is 4.74 Å². The number of hydrogen-bond acceptors (Lipinski definition) is 4. The monoisotopic (exact) mass is 385 g/mol. The molecule has 0 bridgehead atoms. The Morgan fingerprint density at radius 3 is 2.48 bits per heavy atom. The highest BCUT2D eigenvalue weighted by Crippen LogP contribution is 2.23. The molecule has 0 heterocycles. The third-order valence-corrected chi connectivity index (χ3v) is 4.11. The highest BCUT2D eigenvalue weighted by atomic mass is 19.4. The second-order valence-corrected chi connectivity index (χ2v) is 6.27. The summed E-state index contributed by atoms with van der Waals surface area (Å²) in [6, 6.07) is 4.30. The molecule has 0 radical (unpaired) electrons. The van der Waals surface area contributed by atoms with Crippen molar-refractivity contribution in [1.82, 2.24) is 5.32 Å². The van der Waals surface area contributed by atoms with Crippen molar-refractivity contribution < 1.29 is 32.2 Å². The van der Waals surface area contributed by atoms with E-state index >= 15 is 0 Å². The first-order valence-electron chi connectivity index (χ1n) is 8.77. The zero-order chi connectivity index (χ0) is 19.9. The molecule has 0 fully saturated rings. The normalized spacial score (nSPS) is 15.5. The second-order valence-electron chi connectivity index (χ2n) is 6.27. The third-order valence-electron chi connectivity index (χ3n) is 4.11. The Labute approximate surface area is 155 Å². The molecule has 0 saturated carbocycles. The van der Waals surface area contributed by atoms with Crippen LogP contribution >= 0.6 is 0 Å². The van der Waals surface area contributed by atoms with E-state index < -0.39 is 30.1 Å². The molecule has 0 spiro atoms. The fraction of sp³-hybridized carbons (Fsp3) is 0.474. The molecule has 1 N–H and O–H groups in total. The zero-order valence-corrected chi connectivity index (χ0v) is 15.0. The Morgan fingerprint density at radius 1 is 1.19 bits per heavy atom. The van der Waals surface area contributed by atoms with Gasteiger partial charge in [-0.2, -0.15) is 0 Å². The van der Waals surface area contributed by atoms with Gasteiger partial charge in [-0.3, -0.25) is 4.79 Å². The van der Waals surface area contributed by atoms with Crippen LogP contribution in [-0.4, -0.2) is 30.9 Å². The van der Waals surface area contributed by atoms with Gasteiger partial charge in [-0.25, -0.2) is 4.79 Å². The van der Waals surface area contributed by atoms with E-state index in [-0.39, 0.29) is 5.56 Å². The van der Waals surface area contributed by atoms with Crippen LogP contribution in [0.5, 0.6) is 5.75 Å². The first-order chi connectivity index (χ1) is 12.7. The minimum Gasteiger partial charge on any atom is -0.449 e. The lowest BCUT2D eigenvalue weighted by atomic mass is 9.97. The molecular weight excluding hydrogens is 363 g/mol. The summed E-state index contributed by atoms with van der Waals surface area (Å²) < 4.78 is 45.1. The molecule has 5 nitrogen and oxygen atoms in total. The van der Waals surface area contributed by atoms with Crippen molar-refractivity contribution in [3.63, 3.8) is 0 Å². The maximum Gasteiger partial charge on any atom is 0.573 e. The molecule has 1 atom stereocenters. The van der Waals surface area contributed by atoms with Crippen LogP contribution in [-0.2, 0) is 9.53 Å². The summed E-state index contributed by atoms with van der Waals surface area (Å²) >= 11 is 0. The predicted molar refractivity (Wildman–Crippen MR) is 92.2 cm³/mol. The number of hydrogen-bond donors (Lipinski definition) is 1. The number of ether oxygens (including phenoxy) is 2. The number of rotatable bonds is 7. The van der Waals surface area contributed by atoms with Gasteiger partial charge in [0, 0.05) is 6.54 Å². The summed E-state index contributed by atoms with van der Waals surface area (Å²) in [4.78, 5) is 24.0. The SMILES string of the molecule is C[C@@H](OC(=O)c1ccc(OC(F)(F)F)cc1)C(=O)NCCC1=CCCCC1. The Hall–Kier alpha value is -2.51. The number of nitrogens with one attached hydrogen (secondary N) is 1. The van der Waals surface area contributed by atoms with Gasteiger partial charge in [0.25, 0.3) is 5.91 Å². The first-order valence-corrected chi connectivity index (χ1v) is 8.77. The maximum absolute atomic E-state index is 12.1. The van der Waals surface area contributed by atoms with Gasteiger partial charge in [0.15, 0.2) is 6.10 Å². The van der Waals surface area contributed by atoms with Crippen LogP contribution in [0.15, 0.2) is 35.9 Å². The summed E-state index contributed by atoms with van der Waals surface area (Å²) in [6.45, 7) is 1.91. The van der Waals surface area contributed by atoms with E-state index in [9.17, 15) is 22.8 Å². The Morgan fingerprint density at radius 2 is 1.89 bits per heavy atom. The van der Waals surface area contributed by atoms with Crippen LogP contribution in [0.1, 0.15) is 49.4 Å². The van der Waals surface area contributed by atoms with Crippen LogP contribution in [0.25, 0.3) is 0 Å². The molecule has 0 aliphatic heterocycles. The molecule has 1 aromatic rings. The Kier molecular flexibility index (Phi) is 7.27. The van der Waals surface area contributed by atoms with Crippen molar-refractivity contribution in [1.29, 1.82) is 0 Å². The molecule has 2 rings (SSSR count). The summed E-state index contributed by atoms with van der Waals surface area (Å²) in [5, 5.41) is 2.72. The fourth-order valence-corrected chi connectivity index (χ4v) is 2.70. The molecule has 1 aliphatic rings. The van der Waals surface area contributed by atoms with Crippen LogP contribution in [0.3, 0.4) is 0 Å². The largest absolute Gasteiger partial charge is 0.573 e. The molecule has 0 unspecified atom stereocenters. The number of benzene rings is 1. The van der Waals surface area contributed by atoms with Gasteiger partial charge >= 0.3 is 12.3 Å². The minimum atomic E-state index is -4.80. The molecule has 1 aliphatic carbocycles. The van der Waals surface area contributed by atoms with E-state index in [0.29, 0.717) is 6.54 Å². The van der Waals surface area contributed by atoms with Gasteiger partial charge in [-0.15, -0.1) is 13.2 Å². The molecule has 1 aromatic carbocycles. The number of carbonyl (C=O) groups is 2. The van der Waals surface area contributed by atoms with Crippen molar-refractivity contribution in [3.05, 3.63) is 41.5 Å². The molecule has 148 valence electrons. The minimum absolute atomic E-state index is 0.0246. The number of amides is 1. The van der Waals surface area contributed by atoms with Gasteiger partial charge in [-0.1, -0.05) is 11.6 Å². The van der Waals surface area contributed by atoms with Gasteiger partial charge in [-0.05, 0) is 63.3 Å². The number of carbonyl (C=O) groups excluding carboxylic acids is 2. The van der Waals surface area contributed by atoms with E-state index in [1.165, 1.54) is 25.3 Å². The van der Waals surface area contributed by atoms with E-state index in [0.717, 1.165) is 43.5 Å². The average molecular weight is 385 g/mol. The third kappa shape index (κ3) is 7.32. The lowest BCUT2D eigenvalue weighted by molar-refractivity contribution is -0.274. The summed E-state index contributed by atoms with van der Waals surface area (Å²) in [5.41, 5.74) is 1.35. The van der Waals surface area contributed by atoms with Gasteiger partial charge in [0.2, 0.25) is 0 Å².